The molecule has 2 fully saturated rings. The van der Waals surface area contributed by atoms with E-state index in [1.807, 2.05) is 49.9 Å². The average Bonchev–Trinajstić information content (AvgIpc) is 3.30. The van der Waals surface area contributed by atoms with Crippen molar-refractivity contribution < 1.29 is 18.7 Å². The monoisotopic (exact) mass is 554 g/mol. The van der Waals surface area contributed by atoms with E-state index in [0.29, 0.717) is 19.6 Å². The molecule has 0 radical (unpaired) electrons. The van der Waals surface area contributed by atoms with Crippen LogP contribution >= 0.6 is 0 Å². The fraction of sp³-hybridized carbons (Fsp3) is 0.400. The molecule has 5 rings (SSSR count). The van der Waals surface area contributed by atoms with E-state index in [0.717, 1.165) is 84.9 Å². The van der Waals surface area contributed by atoms with Crippen molar-refractivity contribution in [2.24, 2.45) is 5.41 Å². The minimum Gasteiger partial charge on any atom is -0.493 e. The highest BCUT2D eigenvalue weighted by Gasteiger charge is 2.45. The SMILES string of the molecule is CCC#Cc1cccc(N2CC3(CCN(Cc4cc(OCC)c(-c5ccc(F)cc5)c(OCC)c4)CC3)CC2=O)c1. The predicted octanol–water partition coefficient (Wildman–Crippen LogP) is 7.07. The van der Waals surface area contributed by atoms with Crippen molar-refractivity contribution >= 4 is 11.6 Å². The van der Waals surface area contributed by atoms with Gasteiger partial charge < -0.3 is 14.4 Å². The molecule has 3 aromatic rings. The molecule has 3 aromatic carbocycles. The molecule has 6 heteroatoms. The first-order valence-electron chi connectivity index (χ1n) is 14.7. The molecule has 5 nitrogen and oxygen atoms in total. The molecule has 0 atom stereocenters. The van der Waals surface area contributed by atoms with E-state index in [1.165, 1.54) is 12.1 Å². The smallest absolute Gasteiger partial charge is 0.227 e. The zero-order valence-electron chi connectivity index (χ0n) is 24.3. The molecular weight excluding hydrogens is 515 g/mol. The lowest BCUT2D eigenvalue weighted by molar-refractivity contribution is -0.118. The summed E-state index contributed by atoms with van der Waals surface area (Å²) in [6, 6.07) is 18.7. The number of nitrogens with zero attached hydrogens (tertiary/aromatic N) is 2. The van der Waals surface area contributed by atoms with Crippen LogP contribution < -0.4 is 14.4 Å². The lowest BCUT2D eigenvalue weighted by Crippen LogP contribution is -2.41. The summed E-state index contributed by atoms with van der Waals surface area (Å²) in [5.74, 6) is 7.73. The first-order valence-corrected chi connectivity index (χ1v) is 14.7. The van der Waals surface area contributed by atoms with Gasteiger partial charge in [-0.15, -0.1) is 0 Å². The summed E-state index contributed by atoms with van der Waals surface area (Å²) < 4.78 is 25.8. The van der Waals surface area contributed by atoms with E-state index in [2.05, 4.69) is 28.9 Å². The number of carbonyl (C=O) groups is 1. The number of likely N-dealkylation sites (tertiary alicyclic amines) is 1. The molecule has 2 heterocycles. The molecule has 1 amide bonds. The van der Waals surface area contributed by atoms with Crippen molar-refractivity contribution in [2.45, 2.75) is 53.0 Å². The van der Waals surface area contributed by atoms with Gasteiger partial charge in [-0.1, -0.05) is 37.0 Å². The van der Waals surface area contributed by atoms with Crippen LogP contribution in [0, 0.1) is 23.1 Å². The molecule has 0 aromatic heterocycles. The first kappa shape index (κ1) is 28.7. The van der Waals surface area contributed by atoms with Gasteiger partial charge in [0.2, 0.25) is 5.91 Å². The number of hydrogen-bond acceptors (Lipinski definition) is 4. The van der Waals surface area contributed by atoms with Crippen LogP contribution in [0.25, 0.3) is 11.1 Å². The number of ether oxygens (including phenoxy) is 2. The van der Waals surface area contributed by atoms with Crippen molar-refractivity contribution in [3.05, 3.63) is 77.6 Å². The number of rotatable bonds is 8. The van der Waals surface area contributed by atoms with Gasteiger partial charge in [-0.2, -0.15) is 0 Å². The summed E-state index contributed by atoms with van der Waals surface area (Å²) >= 11 is 0. The average molecular weight is 555 g/mol. The Labute approximate surface area is 243 Å². The quantitative estimate of drug-likeness (QED) is 0.279. The summed E-state index contributed by atoms with van der Waals surface area (Å²) in [5.41, 5.74) is 4.75. The largest absolute Gasteiger partial charge is 0.493 e. The van der Waals surface area contributed by atoms with Crippen LogP contribution in [0.5, 0.6) is 11.5 Å². The molecule has 0 N–H and O–H groups in total. The molecule has 0 aliphatic carbocycles. The van der Waals surface area contributed by atoms with E-state index < -0.39 is 0 Å². The van der Waals surface area contributed by atoms with Crippen LogP contribution in [0.2, 0.25) is 0 Å². The van der Waals surface area contributed by atoms with Gasteiger partial charge in [0.25, 0.3) is 0 Å². The molecule has 2 saturated heterocycles. The number of piperidine rings is 1. The Hall–Kier alpha value is -3.82. The molecule has 2 aliphatic rings. The Morgan fingerprint density at radius 3 is 2.24 bits per heavy atom. The Kier molecular flexibility index (Phi) is 8.95. The zero-order valence-corrected chi connectivity index (χ0v) is 24.3. The lowest BCUT2D eigenvalue weighted by atomic mass is 9.77. The van der Waals surface area contributed by atoms with Crippen molar-refractivity contribution in [1.29, 1.82) is 0 Å². The summed E-state index contributed by atoms with van der Waals surface area (Å²) in [6.45, 7) is 10.4. The Balaban J connectivity index is 1.29. The van der Waals surface area contributed by atoms with Gasteiger partial charge in [-0.05, 0) is 98.8 Å². The molecule has 0 saturated carbocycles. The summed E-state index contributed by atoms with van der Waals surface area (Å²) in [7, 11) is 0. The van der Waals surface area contributed by atoms with Crippen molar-refractivity contribution in [3.63, 3.8) is 0 Å². The van der Waals surface area contributed by atoms with E-state index in [9.17, 15) is 9.18 Å². The Morgan fingerprint density at radius 2 is 1.61 bits per heavy atom. The fourth-order valence-corrected chi connectivity index (χ4v) is 6.03. The Bertz CT molecular complexity index is 1400. The van der Waals surface area contributed by atoms with Crippen molar-refractivity contribution in [3.8, 4) is 34.5 Å². The van der Waals surface area contributed by atoms with Gasteiger partial charge in [0, 0.05) is 37.2 Å². The topological polar surface area (TPSA) is 42.0 Å². The molecule has 0 unspecified atom stereocenters. The van der Waals surface area contributed by atoms with Crippen LogP contribution in [-0.2, 0) is 11.3 Å². The molecule has 41 heavy (non-hydrogen) atoms. The third-order valence-corrected chi connectivity index (χ3v) is 8.07. The van der Waals surface area contributed by atoms with Crippen molar-refractivity contribution in [1.82, 2.24) is 4.90 Å². The highest BCUT2D eigenvalue weighted by atomic mass is 19.1. The molecule has 2 aliphatic heterocycles. The zero-order chi connectivity index (χ0) is 28.8. The van der Waals surface area contributed by atoms with E-state index in [-0.39, 0.29) is 17.1 Å². The molecule has 214 valence electrons. The van der Waals surface area contributed by atoms with Gasteiger partial charge >= 0.3 is 0 Å². The van der Waals surface area contributed by atoms with Crippen molar-refractivity contribution in [2.75, 3.05) is 37.7 Å². The van der Waals surface area contributed by atoms with Gasteiger partial charge in [0.15, 0.2) is 0 Å². The van der Waals surface area contributed by atoms with E-state index in [4.69, 9.17) is 9.47 Å². The second kappa shape index (κ2) is 12.8. The maximum absolute atomic E-state index is 13.6. The van der Waals surface area contributed by atoms with Gasteiger partial charge in [-0.25, -0.2) is 4.39 Å². The van der Waals surface area contributed by atoms with Crippen LogP contribution in [-0.4, -0.2) is 43.7 Å². The number of halogens is 1. The highest BCUT2D eigenvalue weighted by molar-refractivity contribution is 5.96. The minimum absolute atomic E-state index is 0.0120. The summed E-state index contributed by atoms with van der Waals surface area (Å²) in [4.78, 5) is 17.6. The fourth-order valence-electron chi connectivity index (χ4n) is 6.03. The van der Waals surface area contributed by atoms with Gasteiger partial charge in [-0.3, -0.25) is 9.69 Å². The minimum atomic E-state index is -0.272. The predicted molar refractivity (Wildman–Crippen MR) is 162 cm³/mol. The van der Waals surface area contributed by atoms with Gasteiger partial charge in [0.1, 0.15) is 17.3 Å². The summed E-state index contributed by atoms with van der Waals surface area (Å²) in [5, 5.41) is 0. The van der Waals surface area contributed by atoms with Crippen LogP contribution in [0.15, 0.2) is 60.7 Å². The maximum atomic E-state index is 13.6. The standard InChI is InChI=1S/C35H39FN2O3/c1-4-7-9-26-10-8-11-30(20-26)38-25-35(23-33(38)39)16-18-37(19-17-35)24-27-21-31(40-5-2)34(32(22-27)41-6-3)28-12-14-29(36)15-13-28/h8,10-15,20-22H,4-6,16-19,23-25H2,1-3H3. The molecule has 0 bridgehead atoms. The summed E-state index contributed by atoms with van der Waals surface area (Å²) in [6.07, 6.45) is 3.37. The maximum Gasteiger partial charge on any atom is 0.227 e. The number of carbonyl (C=O) groups excluding carboxylic acids is 1. The van der Waals surface area contributed by atoms with Gasteiger partial charge in [0.05, 0.1) is 18.8 Å². The number of amides is 1. The number of benzene rings is 3. The number of hydrogen-bond donors (Lipinski definition) is 0. The van der Waals surface area contributed by atoms with E-state index >= 15 is 0 Å². The van der Waals surface area contributed by atoms with Crippen LogP contribution in [0.1, 0.15) is 57.6 Å². The lowest BCUT2D eigenvalue weighted by Gasteiger charge is -2.39. The molecule has 1 spiro atoms. The third-order valence-electron chi connectivity index (χ3n) is 8.07. The molecular formula is C35H39FN2O3. The van der Waals surface area contributed by atoms with Crippen LogP contribution in [0.3, 0.4) is 0 Å². The normalized spacial score (nSPS) is 16.5. The third kappa shape index (κ3) is 6.57. The highest BCUT2D eigenvalue weighted by Crippen LogP contribution is 2.44. The second-order valence-electron chi connectivity index (χ2n) is 11.0. The van der Waals surface area contributed by atoms with E-state index in [1.54, 1.807) is 12.1 Å². The Morgan fingerprint density at radius 1 is 0.927 bits per heavy atom. The second-order valence-corrected chi connectivity index (χ2v) is 11.0. The van der Waals surface area contributed by atoms with Crippen LogP contribution in [0.4, 0.5) is 10.1 Å². The first-order chi connectivity index (χ1) is 19.9. The number of anilines is 1.